The van der Waals surface area contributed by atoms with Crippen LogP contribution in [-0.2, 0) is 10.1 Å². The van der Waals surface area contributed by atoms with Gasteiger partial charge in [0.2, 0.25) is 0 Å². The van der Waals surface area contributed by atoms with Crippen LogP contribution in [0.3, 0.4) is 0 Å². The molecule has 4 nitrogen and oxygen atoms in total. The molecule has 0 unspecified atom stereocenters. The van der Waals surface area contributed by atoms with Crippen molar-refractivity contribution >= 4 is 21.9 Å². The second kappa shape index (κ2) is 6.67. The highest BCUT2D eigenvalue weighted by Crippen LogP contribution is 2.05. The molecule has 0 aromatic heterocycles. The average molecular weight is 260 g/mol. The molecule has 0 amide bonds. The number of alkyl halides is 1. The summed E-state index contributed by atoms with van der Waals surface area (Å²) in [5, 5.41) is 0. The fraction of sp³-hybridized carbons (Fsp3) is 1.00. The van der Waals surface area contributed by atoms with Crippen molar-refractivity contribution in [2.45, 2.75) is 0 Å². The zero-order valence-corrected chi connectivity index (χ0v) is 10.8. The van der Waals surface area contributed by atoms with E-state index in [0.717, 1.165) is 12.3 Å². The lowest BCUT2D eigenvalue weighted by molar-refractivity contribution is -0.885. The van der Waals surface area contributed by atoms with Gasteiger partial charge in [0.05, 0.1) is 33.9 Å². The van der Waals surface area contributed by atoms with E-state index >= 15 is 0 Å². The van der Waals surface area contributed by atoms with Gasteiger partial charge in [-0.3, -0.25) is 8.94 Å². The predicted octanol–water partition coefficient (Wildman–Crippen LogP) is 0.653. The van der Waals surface area contributed by atoms with Crippen LogP contribution >= 0.6 is 11.8 Å². The van der Waals surface area contributed by atoms with Crippen molar-refractivity contribution in [2.75, 3.05) is 51.1 Å². The minimum atomic E-state index is -3.88. The maximum atomic E-state index is 11.8. The zero-order chi connectivity index (χ0) is 11.9. The van der Waals surface area contributed by atoms with Crippen molar-refractivity contribution in [3.63, 3.8) is 0 Å². The second-order valence-corrected chi connectivity index (χ2v) is 6.77. The molecule has 1 N–H and O–H groups in total. The van der Waals surface area contributed by atoms with Crippen LogP contribution in [0, 0.1) is 0 Å². The van der Waals surface area contributed by atoms with Crippen LogP contribution in [0.15, 0.2) is 0 Å². The molecule has 0 aromatic carbocycles. The molecule has 92 valence electrons. The first-order valence-corrected chi connectivity index (χ1v) is 7.44. The molecule has 0 rings (SSSR count). The van der Waals surface area contributed by atoms with Gasteiger partial charge in [0, 0.05) is 11.5 Å². The molecule has 0 bridgehead atoms. The van der Waals surface area contributed by atoms with Gasteiger partial charge < -0.3 is 4.48 Å². The summed E-state index contributed by atoms with van der Waals surface area (Å²) in [6.07, 6.45) is 0. The van der Waals surface area contributed by atoms with Crippen LogP contribution in [0.2, 0.25) is 0 Å². The standard InChI is InChI=1S/C8H18FNO3S2/c1-10(2,4-7-14-6-3-9)5-8-15(11,12)13/h3-8H2,1-2H3/p+1. The Labute approximate surface area is 95.2 Å². The molecule has 15 heavy (non-hydrogen) atoms. The predicted molar refractivity (Wildman–Crippen MR) is 61.6 cm³/mol. The summed E-state index contributed by atoms with van der Waals surface area (Å²) in [6.45, 7) is 0.804. The summed E-state index contributed by atoms with van der Waals surface area (Å²) in [7, 11) is -0.0949. The van der Waals surface area contributed by atoms with Gasteiger partial charge in [-0.2, -0.15) is 20.2 Å². The maximum absolute atomic E-state index is 11.8. The molecule has 0 spiro atoms. The molecule has 0 aromatic rings. The lowest BCUT2D eigenvalue weighted by Gasteiger charge is -2.29. The van der Waals surface area contributed by atoms with Gasteiger partial charge in [-0.25, -0.2) is 0 Å². The number of nitrogens with zero attached hydrogens (tertiary/aromatic N) is 1. The van der Waals surface area contributed by atoms with Crippen molar-refractivity contribution in [3.8, 4) is 0 Å². The summed E-state index contributed by atoms with van der Waals surface area (Å²) in [6, 6.07) is 0. The lowest BCUT2D eigenvalue weighted by atomic mass is 10.5. The molecular weight excluding hydrogens is 241 g/mol. The SMILES string of the molecule is C[N+](C)(CCSCCF)CCS(=O)(=O)O. The van der Waals surface area contributed by atoms with Crippen molar-refractivity contribution in [3.05, 3.63) is 0 Å². The van der Waals surface area contributed by atoms with Gasteiger partial charge in [0.25, 0.3) is 10.1 Å². The van der Waals surface area contributed by atoms with Crippen LogP contribution in [-0.4, -0.2) is 68.6 Å². The Morgan fingerprint density at radius 1 is 1.27 bits per heavy atom. The van der Waals surface area contributed by atoms with E-state index in [4.69, 9.17) is 4.55 Å². The first-order valence-electron chi connectivity index (χ1n) is 4.68. The van der Waals surface area contributed by atoms with E-state index in [1.54, 1.807) is 0 Å². The van der Waals surface area contributed by atoms with E-state index in [1.165, 1.54) is 11.8 Å². The fourth-order valence-corrected chi connectivity index (χ4v) is 2.60. The third-order valence-corrected chi connectivity index (χ3v) is 3.63. The van der Waals surface area contributed by atoms with E-state index < -0.39 is 10.1 Å². The Kier molecular flexibility index (Phi) is 6.74. The van der Waals surface area contributed by atoms with Crippen LogP contribution in [0.25, 0.3) is 0 Å². The van der Waals surface area contributed by atoms with E-state index in [0.29, 0.717) is 16.8 Å². The van der Waals surface area contributed by atoms with Gasteiger partial charge in [0.15, 0.2) is 0 Å². The van der Waals surface area contributed by atoms with E-state index in [1.807, 2.05) is 14.1 Å². The molecular formula is C8H19FNO3S2+. The molecule has 0 aliphatic rings. The van der Waals surface area contributed by atoms with Crippen LogP contribution in [0.1, 0.15) is 0 Å². The molecule has 0 saturated carbocycles. The highest BCUT2D eigenvalue weighted by atomic mass is 32.2. The monoisotopic (exact) mass is 260 g/mol. The molecule has 7 heteroatoms. The van der Waals surface area contributed by atoms with E-state index in [9.17, 15) is 12.8 Å². The maximum Gasteiger partial charge on any atom is 0.270 e. The Morgan fingerprint density at radius 2 is 1.87 bits per heavy atom. The van der Waals surface area contributed by atoms with Gasteiger partial charge >= 0.3 is 0 Å². The second-order valence-electron chi connectivity index (χ2n) is 3.97. The van der Waals surface area contributed by atoms with Gasteiger partial charge in [-0.15, -0.1) is 0 Å². The van der Waals surface area contributed by atoms with Crippen molar-refractivity contribution in [2.24, 2.45) is 0 Å². The first-order chi connectivity index (χ1) is 6.77. The van der Waals surface area contributed by atoms with Crippen molar-refractivity contribution < 1.29 is 21.8 Å². The molecule has 0 atom stereocenters. The Bertz CT molecular complexity index is 267. The molecule has 0 aliphatic heterocycles. The number of hydrogen-bond donors (Lipinski definition) is 1. The quantitative estimate of drug-likeness (QED) is 0.395. The topological polar surface area (TPSA) is 54.4 Å². The zero-order valence-electron chi connectivity index (χ0n) is 9.15. The first kappa shape index (κ1) is 15.2. The Morgan fingerprint density at radius 3 is 2.33 bits per heavy atom. The number of rotatable bonds is 8. The average Bonchev–Trinajstić information content (AvgIpc) is 2.09. The summed E-state index contributed by atoms with van der Waals surface area (Å²) < 4.78 is 42.0. The summed E-state index contributed by atoms with van der Waals surface area (Å²) in [5.41, 5.74) is 0. The molecule has 0 radical (unpaired) electrons. The molecule has 0 saturated heterocycles. The van der Waals surface area contributed by atoms with Crippen LogP contribution < -0.4 is 0 Å². The highest BCUT2D eigenvalue weighted by Gasteiger charge is 2.18. The summed E-state index contributed by atoms with van der Waals surface area (Å²) in [5.74, 6) is 1.05. The minimum Gasteiger partial charge on any atom is -0.327 e. The largest absolute Gasteiger partial charge is 0.327 e. The van der Waals surface area contributed by atoms with Crippen molar-refractivity contribution in [1.29, 1.82) is 0 Å². The normalized spacial score (nSPS) is 13.1. The summed E-state index contributed by atoms with van der Waals surface area (Å²) in [4.78, 5) is 0. The fourth-order valence-electron chi connectivity index (χ4n) is 0.943. The van der Waals surface area contributed by atoms with Crippen LogP contribution in [0.5, 0.6) is 0 Å². The summed E-state index contributed by atoms with van der Waals surface area (Å²) >= 11 is 1.51. The number of hydrogen-bond acceptors (Lipinski definition) is 3. The number of quaternary nitrogens is 1. The van der Waals surface area contributed by atoms with Gasteiger partial charge in [-0.1, -0.05) is 0 Å². The Balaban J connectivity index is 3.77. The molecule has 0 aliphatic carbocycles. The minimum absolute atomic E-state index is 0.228. The number of halogens is 1. The Hall–Kier alpha value is 0.150. The number of thioether (sulfide) groups is 1. The molecule has 0 fully saturated rings. The van der Waals surface area contributed by atoms with Crippen molar-refractivity contribution in [1.82, 2.24) is 0 Å². The highest BCUT2D eigenvalue weighted by molar-refractivity contribution is 7.99. The van der Waals surface area contributed by atoms with Crippen LogP contribution in [0.4, 0.5) is 4.39 Å². The lowest BCUT2D eigenvalue weighted by Crippen LogP contribution is -2.44. The van der Waals surface area contributed by atoms with E-state index in [2.05, 4.69) is 0 Å². The smallest absolute Gasteiger partial charge is 0.270 e. The third kappa shape index (κ3) is 10.4. The molecule has 0 heterocycles. The third-order valence-electron chi connectivity index (χ3n) is 2.02. The van der Waals surface area contributed by atoms with Gasteiger partial charge in [0.1, 0.15) is 5.75 Å². The van der Waals surface area contributed by atoms with E-state index in [-0.39, 0.29) is 12.4 Å². The van der Waals surface area contributed by atoms with Gasteiger partial charge in [-0.05, 0) is 0 Å².